The van der Waals surface area contributed by atoms with Crippen LogP contribution in [0.25, 0.3) is 11.4 Å². The summed E-state index contributed by atoms with van der Waals surface area (Å²) >= 11 is 18.6. The van der Waals surface area contributed by atoms with Crippen LogP contribution in [0.5, 0.6) is 0 Å². The van der Waals surface area contributed by atoms with E-state index in [1.165, 1.54) is 0 Å². The van der Waals surface area contributed by atoms with Crippen molar-refractivity contribution in [3.8, 4) is 11.4 Å². The number of benzene rings is 3. The van der Waals surface area contributed by atoms with Crippen molar-refractivity contribution in [2.24, 2.45) is 4.99 Å². The van der Waals surface area contributed by atoms with Crippen molar-refractivity contribution in [2.45, 2.75) is 6.04 Å². The lowest BCUT2D eigenvalue weighted by Crippen LogP contribution is -2.32. The van der Waals surface area contributed by atoms with E-state index >= 15 is 0 Å². The number of rotatable bonds is 3. The first-order valence-electron chi connectivity index (χ1n) is 10.8. The van der Waals surface area contributed by atoms with Gasteiger partial charge in [-0.2, -0.15) is 0 Å². The van der Waals surface area contributed by atoms with E-state index in [0.717, 1.165) is 34.3 Å². The number of anilines is 1. The van der Waals surface area contributed by atoms with Crippen molar-refractivity contribution in [1.82, 2.24) is 9.13 Å². The van der Waals surface area contributed by atoms with Gasteiger partial charge in [-0.1, -0.05) is 59.6 Å². The average Bonchev–Trinajstić information content (AvgIpc) is 3.18. The van der Waals surface area contributed by atoms with Gasteiger partial charge in [0.25, 0.3) is 0 Å². The Bertz CT molecular complexity index is 1530. The highest BCUT2D eigenvalue weighted by atomic mass is 35.5. The zero-order valence-corrected chi connectivity index (χ0v) is 20.2. The van der Waals surface area contributed by atoms with Crippen LogP contribution in [0.15, 0.2) is 108 Å². The molecule has 2 aliphatic rings. The van der Waals surface area contributed by atoms with Gasteiger partial charge >= 0.3 is 0 Å². The van der Waals surface area contributed by atoms with Crippen LogP contribution < -0.4 is 4.90 Å². The Labute approximate surface area is 212 Å². The van der Waals surface area contributed by atoms with Gasteiger partial charge in [0.05, 0.1) is 5.69 Å². The van der Waals surface area contributed by atoms with Gasteiger partial charge < -0.3 is 0 Å². The van der Waals surface area contributed by atoms with Gasteiger partial charge in [-0.15, -0.1) is 0 Å². The van der Waals surface area contributed by atoms with Crippen LogP contribution in [0.4, 0.5) is 5.82 Å². The standard InChI is InChI=1S/C27H18Cl2N4S/c28-19-9-13-21(14-10-19)32-25-24(18-6-2-1-3-7-18)30-23-8-4-5-17-31(23)26(25)33(27(32)34)22-15-11-20(29)12-16-22/h1-17,24H. The van der Waals surface area contributed by atoms with Gasteiger partial charge in [0, 0.05) is 27.6 Å². The molecule has 0 N–H and O–H groups in total. The maximum Gasteiger partial charge on any atom is 0.191 e. The minimum Gasteiger partial charge on any atom is -0.286 e. The molecular formula is C27H18Cl2N4S. The second-order valence-corrected chi connectivity index (χ2v) is 9.22. The van der Waals surface area contributed by atoms with Crippen molar-refractivity contribution in [3.05, 3.63) is 129 Å². The predicted octanol–water partition coefficient (Wildman–Crippen LogP) is 7.70. The SMILES string of the molecule is S=c1n(-c2ccc(Cl)cc2)c2c(n1-c1ccc(Cl)cc1)N1C=CC=CC1=NC2c1ccccc1. The lowest BCUT2D eigenvalue weighted by Gasteiger charge is -2.32. The number of hydrogen-bond acceptors (Lipinski definition) is 3. The Morgan fingerprint density at radius 3 is 2.00 bits per heavy atom. The molecule has 0 bridgehead atoms. The number of hydrogen-bond donors (Lipinski definition) is 0. The Balaban J connectivity index is 1.72. The van der Waals surface area contributed by atoms with Crippen molar-refractivity contribution in [3.63, 3.8) is 0 Å². The van der Waals surface area contributed by atoms with Gasteiger partial charge in [0.15, 0.2) is 4.77 Å². The summed E-state index contributed by atoms with van der Waals surface area (Å²) < 4.78 is 4.82. The summed E-state index contributed by atoms with van der Waals surface area (Å²) in [5.41, 5.74) is 3.92. The number of aromatic nitrogens is 2. The van der Waals surface area contributed by atoms with Crippen LogP contribution in [-0.4, -0.2) is 15.0 Å². The van der Waals surface area contributed by atoms with E-state index in [1.54, 1.807) is 0 Å². The molecule has 3 heterocycles. The van der Waals surface area contributed by atoms with E-state index in [9.17, 15) is 0 Å². The van der Waals surface area contributed by atoms with Crippen LogP contribution in [-0.2, 0) is 0 Å². The zero-order valence-electron chi connectivity index (χ0n) is 17.8. The molecule has 0 saturated heterocycles. The van der Waals surface area contributed by atoms with Crippen molar-refractivity contribution >= 4 is 47.1 Å². The Kier molecular flexibility index (Phi) is 5.26. The summed E-state index contributed by atoms with van der Waals surface area (Å²) in [7, 11) is 0. The third kappa shape index (κ3) is 3.44. The number of fused-ring (bicyclic) bond motifs is 3. The van der Waals surface area contributed by atoms with Crippen molar-refractivity contribution in [1.29, 1.82) is 0 Å². The summed E-state index contributed by atoms with van der Waals surface area (Å²) in [4.78, 5) is 7.25. The maximum absolute atomic E-state index is 6.21. The van der Waals surface area contributed by atoms with Crippen molar-refractivity contribution < 1.29 is 0 Å². The molecule has 0 radical (unpaired) electrons. The van der Waals surface area contributed by atoms with Crippen molar-refractivity contribution in [2.75, 3.05) is 4.90 Å². The molecule has 7 heteroatoms. The number of halogens is 2. The Hall–Kier alpha value is -3.38. The van der Waals surface area contributed by atoms with E-state index in [4.69, 9.17) is 40.4 Å². The molecular weight excluding hydrogens is 483 g/mol. The highest BCUT2D eigenvalue weighted by Gasteiger charge is 2.35. The minimum atomic E-state index is -0.246. The molecule has 4 nitrogen and oxygen atoms in total. The summed E-state index contributed by atoms with van der Waals surface area (Å²) in [5, 5.41) is 1.34. The quantitative estimate of drug-likeness (QED) is 0.269. The fraction of sp³-hybridized carbons (Fsp3) is 0.0370. The van der Waals surface area contributed by atoms with Crippen LogP contribution in [0.1, 0.15) is 17.3 Å². The molecule has 0 aliphatic carbocycles. The summed E-state index contributed by atoms with van der Waals surface area (Å²) in [6, 6.07) is 25.5. The van der Waals surface area contributed by atoms with E-state index in [1.807, 2.05) is 91.2 Å². The second kappa shape index (κ2) is 8.44. The second-order valence-electron chi connectivity index (χ2n) is 7.99. The Morgan fingerprint density at radius 1 is 0.735 bits per heavy atom. The molecule has 1 unspecified atom stereocenters. The first-order valence-corrected chi connectivity index (χ1v) is 11.9. The highest BCUT2D eigenvalue weighted by molar-refractivity contribution is 7.71. The van der Waals surface area contributed by atoms with Crippen LogP contribution >= 0.6 is 35.4 Å². The fourth-order valence-electron chi connectivity index (χ4n) is 4.43. The number of amidine groups is 1. The first kappa shape index (κ1) is 21.2. The van der Waals surface area contributed by atoms with Gasteiger partial charge in [-0.25, -0.2) is 0 Å². The topological polar surface area (TPSA) is 25.5 Å². The molecule has 34 heavy (non-hydrogen) atoms. The monoisotopic (exact) mass is 500 g/mol. The highest BCUT2D eigenvalue weighted by Crippen LogP contribution is 2.43. The molecule has 1 atom stereocenters. The van der Waals surface area contributed by atoms with Crippen LogP contribution in [0.3, 0.4) is 0 Å². The number of allylic oxidation sites excluding steroid dienone is 2. The average molecular weight is 501 g/mol. The number of nitrogens with zero attached hydrogens (tertiary/aromatic N) is 4. The molecule has 2 aliphatic heterocycles. The van der Waals surface area contributed by atoms with Gasteiger partial charge in [0.1, 0.15) is 17.7 Å². The number of imidazole rings is 1. The summed E-state index contributed by atoms with van der Waals surface area (Å²) in [6.07, 6.45) is 8.04. The lowest BCUT2D eigenvalue weighted by molar-refractivity contribution is 0.777. The zero-order chi connectivity index (χ0) is 23.2. The molecule has 0 saturated carbocycles. The molecule has 1 aromatic heterocycles. The van der Waals surface area contributed by atoms with E-state index < -0.39 is 0 Å². The summed E-state index contributed by atoms with van der Waals surface area (Å²) in [6.45, 7) is 0. The normalized spacial score (nSPS) is 16.2. The molecule has 166 valence electrons. The Morgan fingerprint density at radius 2 is 1.35 bits per heavy atom. The van der Waals surface area contributed by atoms with Crippen LogP contribution in [0.2, 0.25) is 10.0 Å². The van der Waals surface area contributed by atoms with Crippen LogP contribution in [0, 0.1) is 4.77 Å². The maximum atomic E-state index is 6.21. The molecule has 6 rings (SSSR count). The first-order chi connectivity index (χ1) is 16.6. The largest absolute Gasteiger partial charge is 0.286 e. The fourth-order valence-corrected chi connectivity index (χ4v) is 5.07. The third-order valence-electron chi connectivity index (χ3n) is 5.94. The van der Waals surface area contributed by atoms with E-state index in [2.05, 4.69) is 26.2 Å². The molecule has 4 aromatic rings. The molecule has 3 aromatic carbocycles. The smallest absolute Gasteiger partial charge is 0.191 e. The van der Waals surface area contributed by atoms with Gasteiger partial charge in [0.2, 0.25) is 0 Å². The molecule has 0 spiro atoms. The minimum absolute atomic E-state index is 0.246. The van der Waals surface area contributed by atoms with E-state index in [0.29, 0.717) is 14.8 Å². The lowest BCUT2D eigenvalue weighted by atomic mass is 10.0. The van der Waals surface area contributed by atoms with Gasteiger partial charge in [-0.05, 0) is 78.5 Å². The summed E-state index contributed by atoms with van der Waals surface area (Å²) in [5.74, 6) is 1.80. The predicted molar refractivity (Wildman–Crippen MR) is 142 cm³/mol. The number of aliphatic imine (C=N–C) groups is 1. The molecule has 0 fully saturated rings. The van der Waals surface area contributed by atoms with Gasteiger partial charge in [-0.3, -0.25) is 19.0 Å². The third-order valence-corrected chi connectivity index (χ3v) is 6.81. The van der Waals surface area contributed by atoms with E-state index in [-0.39, 0.29) is 6.04 Å². The molecule has 0 amide bonds.